The third kappa shape index (κ3) is 4.33. The van der Waals surface area contributed by atoms with Crippen LogP contribution in [0.15, 0.2) is 33.6 Å². The van der Waals surface area contributed by atoms with E-state index in [9.17, 15) is 8.42 Å². The minimum atomic E-state index is -3.50. The number of hydrogen-bond donors (Lipinski definition) is 0. The molecule has 1 aliphatic carbocycles. The summed E-state index contributed by atoms with van der Waals surface area (Å²) in [6.07, 6.45) is 3.39. The van der Waals surface area contributed by atoms with Crippen molar-refractivity contribution in [2.24, 2.45) is 5.92 Å². The van der Waals surface area contributed by atoms with Gasteiger partial charge in [0.2, 0.25) is 10.0 Å². The van der Waals surface area contributed by atoms with Gasteiger partial charge in [0.15, 0.2) is 0 Å². The standard InChI is InChI=1S/C24H29BrN4O2S2/c1-15(2)22-26-23(21-19-9-4-16(3)14-20(19)32-24(21)27-22)28-10-12-29(13-11-28)33(30,31)18-7-5-17(25)6-8-18/h5-8,15-16H,4,9-14H2,1-3H3/t16-/m0/s1. The van der Waals surface area contributed by atoms with Gasteiger partial charge < -0.3 is 4.90 Å². The molecule has 0 amide bonds. The van der Waals surface area contributed by atoms with Gasteiger partial charge in [-0.1, -0.05) is 36.7 Å². The van der Waals surface area contributed by atoms with Crippen molar-refractivity contribution < 1.29 is 8.42 Å². The molecule has 3 aromatic rings. The molecule has 1 saturated heterocycles. The Kier molecular flexibility index (Phi) is 6.26. The van der Waals surface area contributed by atoms with Crippen molar-refractivity contribution in [3.63, 3.8) is 0 Å². The van der Waals surface area contributed by atoms with Crippen molar-refractivity contribution in [3.8, 4) is 0 Å². The van der Waals surface area contributed by atoms with Crippen molar-refractivity contribution in [1.29, 1.82) is 0 Å². The molecule has 6 nitrogen and oxygen atoms in total. The van der Waals surface area contributed by atoms with Crippen molar-refractivity contribution in [3.05, 3.63) is 45.0 Å². The van der Waals surface area contributed by atoms with Gasteiger partial charge in [-0.05, 0) is 55.0 Å². The largest absolute Gasteiger partial charge is 0.353 e. The van der Waals surface area contributed by atoms with Crippen LogP contribution in [0.1, 0.15) is 49.4 Å². The summed E-state index contributed by atoms with van der Waals surface area (Å²) in [4.78, 5) is 15.1. The Morgan fingerprint density at radius 1 is 1.09 bits per heavy atom. The number of benzene rings is 1. The van der Waals surface area contributed by atoms with E-state index < -0.39 is 10.0 Å². The van der Waals surface area contributed by atoms with Gasteiger partial charge in [-0.3, -0.25) is 0 Å². The van der Waals surface area contributed by atoms with Crippen LogP contribution in [0.4, 0.5) is 5.82 Å². The first-order valence-corrected chi connectivity index (χ1v) is 14.6. The van der Waals surface area contributed by atoms with E-state index in [2.05, 4.69) is 41.6 Å². The number of thiophene rings is 1. The summed E-state index contributed by atoms with van der Waals surface area (Å²) in [6.45, 7) is 8.73. The van der Waals surface area contributed by atoms with E-state index in [-0.39, 0.29) is 5.92 Å². The molecule has 3 heterocycles. The number of sulfonamides is 1. The lowest BCUT2D eigenvalue weighted by atomic mass is 9.89. The molecule has 0 bridgehead atoms. The highest BCUT2D eigenvalue weighted by Crippen LogP contribution is 2.41. The first-order valence-electron chi connectivity index (χ1n) is 11.6. The van der Waals surface area contributed by atoms with Crippen LogP contribution in [0, 0.1) is 5.92 Å². The van der Waals surface area contributed by atoms with Crippen LogP contribution < -0.4 is 4.90 Å². The van der Waals surface area contributed by atoms with Crippen LogP contribution in [-0.4, -0.2) is 48.9 Å². The van der Waals surface area contributed by atoms with Crippen LogP contribution in [0.2, 0.25) is 0 Å². The minimum absolute atomic E-state index is 0.241. The quantitative estimate of drug-likeness (QED) is 0.447. The van der Waals surface area contributed by atoms with Gasteiger partial charge in [0.1, 0.15) is 16.5 Å². The number of aromatic nitrogens is 2. The number of hydrogen-bond acceptors (Lipinski definition) is 6. The lowest BCUT2D eigenvalue weighted by Crippen LogP contribution is -2.49. The Morgan fingerprint density at radius 3 is 2.45 bits per heavy atom. The third-order valence-electron chi connectivity index (χ3n) is 6.66. The Morgan fingerprint density at radius 2 is 1.79 bits per heavy atom. The summed E-state index contributed by atoms with van der Waals surface area (Å²) in [6, 6.07) is 6.87. The number of fused-ring (bicyclic) bond motifs is 3. The smallest absolute Gasteiger partial charge is 0.243 e. The van der Waals surface area contributed by atoms with Gasteiger partial charge >= 0.3 is 0 Å². The molecule has 9 heteroatoms. The second-order valence-electron chi connectivity index (χ2n) is 9.44. The maximum Gasteiger partial charge on any atom is 0.243 e. The normalized spacial score (nSPS) is 19.9. The summed E-state index contributed by atoms with van der Waals surface area (Å²) in [5, 5.41) is 1.20. The molecule has 33 heavy (non-hydrogen) atoms. The van der Waals surface area contributed by atoms with Crippen LogP contribution >= 0.6 is 27.3 Å². The zero-order valence-corrected chi connectivity index (χ0v) is 22.4. The van der Waals surface area contributed by atoms with E-state index in [1.807, 2.05) is 11.3 Å². The molecular weight excluding hydrogens is 520 g/mol. The zero-order chi connectivity index (χ0) is 23.3. The van der Waals surface area contributed by atoms with Gasteiger partial charge in [0.25, 0.3) is 0 Å². The Hall–Kier alpha value is -1.55. The van der Waals surface area contributed by atoms with Crippen molar-refractivity contribution in [1.82, 2.24) is 14.3 Å². The molecule has 0 radical (unpaired) electrons. The first kappa shape index (κ1) is 23.2. The highest BCUT2D eigenvalue weighted by molar-refractivity contribution is 9.10. The summed E-state index contributed by atoms with van der Waals surface area (Å²) in [7, 11) is -3.50. The summed E-state index contributed by atoms with van der Waals surface area (Å²) in [5.74, 6) is 2.81. The van der Waals surface area contributed by atoms with Crippen LogP contribution in [0.5, 0.6) is 0 Å². The van der Waals surface area contributed by atoms with Crippen molar-refractivity contribution >= 4 is 53.3 Å². The Labute approximate surface area is 208 Å². The second-order valence-corrected chi connectivity index (χ2v) is 13.4. The fraction of sp³-hybridized carbons (Fsp3) is 0.500. The fourth-order valence-corrected chi connectivity index (χ4v) is 7.79. The molecule has 176 valence electrons. The maximum absolute atomic E-state index is 13.1. The van der Waals surface area contributed by atoms with Gasteiger partial charge in [-0.2, -0.15) is 4.31 Å². The zero-order valence-electron chi connectivity index (χ0n) is 19.2. The number of rotatable bonds is 4. The SMILES string of the molecule is CC(C)c1nc(N2CCN(S(=O)(=O)c3ccc(Br)cc3)CC2)c2c3c(sc2n1)C[C@@H](C)CC3. The van der Waals surface area contributed by atoms with Gasteiger partial charge in [-0.15, -0.1) is 11.3 Å². The number of halogens is 1. The van der Waals surface area contributed by atoms with E-state index in [1.54, 1.807) is 28.6 Å². The molecule has 1 aromatic carbocycles. The number of aryl methyl sites for hydroxylation is 1. The third-order valence-corrected chi connectivity index (χ3v) is 10.2. The molecule has 0 unspecified atom stereocenters. The average molecular weight is 550 g/mol. The van der Waals surface area contributed by atoms with E-state index in [1.165, 1.54) is 22.2 Å². The highest BCUT2D eigenvalue weighted by atomic mass is 79.9. The molecule has 0 N–H and O–H groups in total. The molecule has 1 fully saturated rings. The van der Waals surface area contributed by atoms with Gasteiger partial charge in [0, 0.05) is 41.4 Å². The maximum atomic E-state index is 13.1. The van der Waals surface area contributed by atoms with E-state index in [0.29, 0.717) is 37.0 Å². The summed E-state index contributed by atoms with van der Waals surface area (Å²) in [5.41, 5.74) is 1.42. The second kappa shape index (κ2) is 8.91. The van der Waals surface area contributed by atoms with Crippen LogP contribution in [-0.2, 0) is 22.9 Å². The summed E-state index contributed by atoms with van der Waals surface area (Å²) < 4.78 is 28.8. The predicted octanol–water partition coefficient (Wildman–Crippen LogP) is 5.21. The molecule has 1 atom stereocenters. The number of anilines is 1. The molecular formula is C24H29BrN4O2S2. The van der Waals surface area contributed by atoms with E-state index in [4.69, 9.17) is 9.97 Å². The molecule has 5 rings (SSSR count). The number of piperazine rings is 1. The molecule has 0 spiro atoms. The minimum Gasteiger partial charge on any atom is -0.353 e. The van der Waals surface area contributed by atoms with Crippen LogP contribution in [0.25, 0.3) is 10.2 Å². The highest BCUT2D eigenvalue weighted by Gasteiger charge is 2.31. The van der Waals surface area contributed by atoms with E-state index in [0.717, 1.165) is 33.8 Å². The fourth-order valence-electron chi connectivity index (χ4n) is 4.72. The molecule has 1 aliphatic heterocycles. The van der Waals surface area contributed by atoms with Crippen molar-refractivity contribution in [2.75, 3.05) is 31.1 Å². The van der Waals surface area contributed by atoms with Gasteiger partial charge in [-0.25, -0.2) is 18.4 Å². The monoisotopic (exact) mass is 548 g/mol. The van der Waals surface area contributed by atoms with Crippen LogP contribution in [0.3, 0.4) is 0 Å². The lowest BCUT2D eigenvalue weighted by molar-refractivity contribution is 0.384. The lowest BCUT2D eigenvalue weighted by Gasteiger charge is -2.35. The first-order chi connectivity index (χ1) is 15.7. The van der Waals surface area contributed by atoms with Crippen molar-refractivity contribution in [2.45, 2.75) is 50.8 Å². The summed E-state index contributed by atoms with van der Waals surface area (Å²) >= 11 is 5.21. The number of nitrogens with zero attached hydrogens (tertiary/aromatic N) is 4. The Bertz CT molecular complexity index is 1280. The molecule has 2 aromatic heterocycles. The van der Waals surface area contributed by atoms with E-state index >= 15 is 0 Å². The van der Waals surface area contributed by atoms with Gasteiger partial charge in [0.05, 0.1) is 10.3 Å². The average Bonchev–Trinajstić information content (AvgIpc) is 3.16. The topological polar surface area (TPSA) is 66.4 Å². The molecule has 2 aliphatic rings. The predicted molar refractivity (Wildman–Crippen MR) is 138 cm³/mol. The Balaban J connectivity index is 1.46. The molecule has 0 saturated carbocycles.